The van der Waals surface area contributed by atoms with E-state index >= 15 is 0 Å². The molecule has 0 N–H and O–H groups in total. The zero-order chi connectivity index (χ0) is 11.7. The van der Waals surface area contributed by atoms with E-state index in [9.17, 15) is 17.6 Å². The molecule has 0 atom stereocenters. The van der Waals surface area contributed by atoms with Crippen molar-refractivity contribution in [3.63, 3.8) is 0 Å². The molecular weight excluding hydrogens is 220 g/mol. The van der Waals surface area contributed by atoms with Crippen LogP contribution < -0.4 is 0 Å². The Morgan fingerprint density at radius 1 is 0.571 bits per heavy atom. The van der Waals surface area contributed by atoms with Crippen molar-refractivity contribution in [1.29, 1.82) is 0 Å². The third-order valence-corrected chi connectivity index (χ3v) is 0.321. The zero-order valence-corrected chi connectivity index (χ0v) is 5.96. The number of hydrogen-bond donors (Lipinski definition) is 0. The van der Waals surface area contributed by atoms with Gasteiger partial charge in [0.15, 0.2) is 0 Å². The lowest BCUT2D eigenvalue weighted by Gasteiger charge is -1.79. The highest BCUT2D eigenvalue weighted by atomic mass is 19.2. The van der Waals surface area contributed by atoms with E-state index in [-0.39, 0.29) is 0 Å². The van der Waals surface area contributed by atoms with Gasteiger partial charge in [-0.25, -0.2) is 19.2 Å². The standard InChI is InChI=1S/2C2F2O3/c2*3-1(5)7-2(4)6. The Kier molecular flexibility index (Phi) is 7.92. The maximum absolute atomic E-state index is 10.6. The van der Waals surface area contributed by atoms with Crippen molar-refractivity contribution in [2.45, 2.75) is 0 Å². The molecular formula is C4F4O6. The monoisotopic (exact) mass is 220 g/mol. The quantitative estimate of drug-likeness (QED) is 0.353. The van der Waals surface area contributed by atoms with Crippen LogP contribution in [0.5, 0.6) is 0 Å². The maximum atomic E-state index is 10.6. The van der Waals surface area contributed by atoms with Gasteiger partial charge < -0.3 is 9.47 Å². The van der Waals surface area contributed by atoms with Crippen molar-refractivity contribution in [2.24, 2.45) is 0 Å². The largest absolute Gasteiger partial charge is 0.505 e. The molecule has 6 nitrogen and oxygen atoms in total. The van der Waals surface area contributed by atoms with Crippen LogP contribution in [0.25, 0.3) is 0 Å². The van der Waals surface area contributed by atoms with E-state index in [0.29, 0.717) is 0 Å². The molecule has 0 saturated carbocycles. The molecule has 14 heavy (non-hydrogen) atoms. The Morgan fingerprint density at radius 3 is 0.714 bits per heavy atom. The van der Waals surface area contributed by atoms with Gasteiger partial charge in [0.05, 0.1) is 0 Å². The fourth-order valence-electron chi connectivity index (χ4n) is 0.126. The average molecular weight is 220 g/mol. The van der Waals surface area contributed by atoms with Crippen LogP contribution in [0.4, 0.5) is 36.7 Å². The Hall–Kier alpha value is -2.00. The highest BCUT2D eigenvalue weighted by molar-refractivity contribution is 5.75. The Labute approximate surface area is 72.4 Å². The van der Waals surface area contributed by atoms with E-state index in [2.05, 4.69) is 9.47 Å². The first-order valence-electron chi connectivity index (χ1n) is 2.39. The van der Waals surface area contributed by atoms with Gasteiger partial charge in [-0.15, -0.1) is 17.6 Å². The summed E-state index contributed by atoms with van der Waals surface area (Å²) in [6.07, 6.45) is -9.75. The van der Waals surface area contributed by atoms with Crippen molar-refractivity contribution < 1.29 is 46.2 Å². The van der Waals surface area contributed by atoms with Crippen molar-refractivity contribution >= 4 is 24.9 Å². The van der Waals surface area contributed by atoms with Gasteiger partial charge in [0, 0.05) is 0 Å². The van der Waals surface area contributed by atoms with E-state index in [1.165, 1.54) is 0 Å². The lowest BCUT2D eigenvalue weighted by atomic mass is 11.3. The topological polar surface area (TPSA) is 86.7 Å². The van der Waals surface area contributed by atoms with Crippen molar-refractivity contribution in [3.8, 4) is 0 Å². The Bertz CT molecular complexity index is 200. The van der Waals surface area contributed by atoms with E-state index in [0.717, 1.165) is 0 Å². The summed E-state index contributed by atoms with van der Waals surface area (Å²) in [6, 6.07) is 0. The van der Waals surface area contributed by atoms with Crippen LogP contribution in [0.1, 0.15) is 0 Å². The minimum Gasteiger partial charge on any atom is -0.340 e. The van der Waals surface area contributed by atoms with Crippen LogP contribution in [0.2, 0.25) is 0 Å². The number of carbonyl (C=O) groups excluding carboxylic acids is 4. The molecule has 0 unspecified atom stereocenters. The summed E-state index contributed by atoms with van der Waals surface area (Å²) in [4.78, 5) is 35.6. The summed E-state index contributed by atoms with van der Waals surface area (Å²) >= 11 is 0. The number of rotatable bonds is 0. The zero-order valence-electron chi connectivity index (χ0n) is 5.96. The van der Waals surface area contributed by atoms with Crippen LogP contribution in [-0.4, -0.2) is 24.9 Å². The molecule has 0 fully saturated rings. The third-order valence-electron chi connectivity index (χ3n) is 0.321. The molecule has 0 aromatic rings. The first-order chi connectivity index (χ1) is 6.25. The maximum Gasteiger partial charge on any atom is 0.505 e. The second kappa shape index (κ2) is 7.64. The molecule has 0 aliphatic rings. The molecule has 0 bridgehead atoms. The minimum atomic E-state index is -2.44. The van der Waals surface area contributed by atoms with Crippen LogP contribution in [0, 0.1) is 0 Å². The minimum absolute atomic E-state index is 2.44. The van der Waals surface area contributed by atoms with Gasteiger partial charge in [-0.05, 0) is 0 Å². The Morgan fingerprint density at radius 2 is 0.714 bits per heavy atom. The fourth-order valence-corrected chi connectivity index (χ4v) is 0.126. The lowest BCUT2D eigenvalue weighted by Crippen LogP contribution is -1.96. The smallest absolute Gasteiger partial charge is 0.340 e. The third kappa shape index (κ3) is 22.5. The van der Waals surface area contributed by atoms with Crippen LogP contribution in [-0.2, 0) is 9.47 Å². The van der Waals surface area contributed by atoms with Gasteiger partial charge in [-0.2, -0.15) is 0 Å². The van der Waals surface area contributed by atoms with Gasteiger partial charge in [0.25, 0.3) is 0 Å². The molecule has 80 valence electrons. The van der Waals surface area contributed by atoms with E-state index < -0.39 is 24.9 Å². The van der Waals surface area contributed by atoms with Crippen molar-refractivity contribution in [2.75, 3.05) is 0 Å². The SMILES string of the molecule is O=C(F)OC(=O)F.O=C(F)OC(=O)F. The number of hydrogen-bond acceptors (Lipinski definition) is 6. The molecule has 10 heteroatoms. The first kappa shape index (κ1) is 14.5. The van der Waals surface area contributed by atoms with Crippen LogP contribution in [0.15, 0.2) is 0 Å². The number of ether oxygens (including phenoxy) is 2. The number of carbonyl (C=O) groups is 4. The second-order valence-electron chi connectivity index (χ2n) is 1.15. The normalized spacial score (nSPS) is 7.71. The summed E-state index contributed by atoms with van der Waals surface area (Å²) in [7, 11) is 0. The highest BCUT2D eigenvalue weighted by Gasteiger charge is 2.04. The predicted molar refractivity (Wildman–Crippen MR) is 28.2 cm³/mol. The molecule has 0 rings (SSSR count). The highest BCUT2D eigenvalue weighted by Crippen LogP contribution is 1.85. The Balaban J connectivity index is 0. The fraction of sp³-hybridized carbons (Fsp3) is 0. The second-order valence-corrected chi connectivity index (χ2v) is 1.15. The van der Waals surface area contributed by atoms with E-state index in [1.807, 2.05) is 0 Å². The van der Waals surface area contributed by atoms with Crippen molar-refractivity contribution in [1.82, 2.24) is 0 Å². The van der Waals surface area contributed by atoms with Gasteiger partial charge in [0.2, 0.25) is 0 Å². The van der Waals surface area contributed by atoms with Crippen LogP contribution >= 0.6 is 0 Å². The molecule has 0 aliphatic carbocycles. The summed E-state index contributed by atoms with van der Waals surface area (Å²) in [6.45, 7) is 0. The molecule has 0 saturated heterocycles. The van der Waals surface area contributed by atoms with Gasteiger partial charge in [0.1, 0.15) is 0 Å². The summed E-state index contributed by atoms with van der Waals surface area (Å²) < 4.78 is 47.8. The van der Waals surface area contributed by atoms with Crippen LogP contribution in [0.3, 0.4) is 0 Å². The van der Waals surface area contributed by atoms with E-state index in [4.69, 9.17) is 19.2 Å². The summed E-state index contributed by atoms with van der Waals surface area (Å²) in [5, 5.41) is 0. The average Bonchev–Trinajstić information content (AvgIpc) is 1.79. The predicted octanol–water partition coefficient (Wildman–Crippen LogP) is 2.36. The lowest BCUT2D eigenvalue weighted by molar-refractivity contribution is 0.115. The van der Waals surface area contributed by atoms with Gasteiger partial charge >= 0.3 is 24.9 Å². The molecule has 0 heterocycles. The van der Waals surface area contributed by atoms with Crippen molar-refractivity contribution in [3.05, 3.63) is 0 Å². The molecule has 0 radical (unpaired) electrons. The molecule has 0 aromatic heterocycles. The van der Waals surface area contributed by atoms with Gasteiger partial charge in [-0.1, -0.05) is 0 Å². The van der Waals surface area contributed by atoms with E-state index in [1.54, 1.807) is 0 Å². The molecule has 0 aromatic carbocycles. The van der Waals surface area contributed by atoms with Gasteiger partial charge in [-0.3, -0.25) is 0 Å². The molecule has 0 spiro atoms. The molecule has 0 aliphatic heterocycles. The summed E-state index contributed by atoms with van der Waals surface area (Å²) in [5.41, 5.74) is 0. The molecule has 0 amide bonds. The number of halogens is 4. The summed E-state index contributed by atoms with van der Waals surface area (Å²) in [5.74, 6) is 0. The first-order valence-corrected chi connectivity index (χ1v) is 2.39.